The van der Waals surface area contributed by atoms with Crippen molar-refractivity contribution in [2.75, 3.05) is 13.1 Å². The van der Waals surface area contributed by atoms with Gasteiger partial charge in [0.1, 0.15) is 24.7 Å². The highest BCUT2D eigenvalue weighted by atomic mass is 16.5. The number of rotatable bonds is 14. The van der Waals surface area contributed by atoms with Gasteiger partial charge in [0.25, 0.3) is 0 Å². The number of hydrogen-bond acceptors (Lipinski definition) is 4. The molecule has 0 aliphatic carbocycles. The van der Waals surface area contributed by atoms with Crippen LogP contribution in [0.3, 0.4) is 0 Å². The minimum absolute atomic E-state index is 0.440. The molecule has 0 saturated heterocycles. The summed E-state index contributed by atoms with van der Waals surface area (Å²) in [6, 6.07) is 46.9. The maximum atomic E-state index is 11.5. The molecule has 0 amide bonds. The first kappa shape index (κ1) is 28.2. The Morgan fingerprint density at radius 1 is 0.537 bits per heavy atom. The molecule has 5 aromatic rings. The maximum absolute atomic E-state index is 11.5. The average Bonchev–Trinajstić information content (AvgIpc) is 3.03. The molecule has 0 aliphatic heterocycles. The molecule has 0 aliphatic rings. The summed E-state index contributed by atoms with van der Waals surface area (Å²) in [7, 11) is 0. The molecule has 0 fully saturated rings. The van der Waals surface area contributed by atoms with Gasteiger partial charge >= 0.3 is 0 Å². The number of aliphatic hydroxyl groups excluding tert-OH is 1. The topological polar surface area (TPSA) is 41.9 Å². The molecular formula is C37H37NO3. The monoisotopic (exact) mass is 543 g/mol. The fourth-order valence-corrected chi connectivity index (χ4v) is 4.79. The summed E-state index contributed by atoms with van der Waals surface area (Å²) < 4.78 is 12.4. The second-order valence-corrected chi connectivity index (χ2v) is 10.3. The van der Waals surface area contributed by atoms with Gasteiger partial charge in [-0.15, -0.1) is 0 Å². The van der Waals surface area contributed by atoms with E-state index < -0.39 is 6.10 Å². The van der Waals surface area contributed by atoms with Gasteiger partial charge in [-0.2, -0.15) is 0 Å². The van der Waals surface area contributed by atoms with E-state index in [2.05, 4.69) is 53.4 Å². The summed E-state index contributed by atoms with van der Waals surface area (Å²) in [5.74, 6) is 1.35. The zero-order chi connectivity index (χ0) is 28.1. The van der Waals surface area contributed by atoms with Crippen LogP contribution >= 0.6 is 0 Å². The van der Waals surface area contributed by atoms with Crippen molar-refractivity contribution < 1.29 is 14.6 Å². The highest BCUT2D eigenvalue weighted by Gasteiger charge is 2.17. The van der Waals surface area contributed by atoms with Crippen molar-refractivity contribution >= 4 is 0 Å². The van der Waals surface area contributed by atoms with Gasteiger partial charge in [-0.1, -0.05) is 121 Å². The van der Waals surface area contributed by atoms with Crippen molar-refractivity contribution in [1.82, 2.24) is 4.90 Å². The van der Waals surface area contributed by atoms with E-state index >= 15 is 0 Å². The Kier molecular flexibility index (Phi) is 10.2. The second-order valence-electron chi connectivity index (χ2n) is 10.3. The van der Waals surface area contributed by atoms with Crippen LogP contribution in [0, 0.1) is 0 Å². The Bertz CT molecular complexity index is 1380. The largest absolute Gasteiger partial charge is 0.489 e. The fourth-order valence-electron chi connectivity index (χ4n) is 4.79. The van der Waals surface area contributed by atoms with E-state index in [1.807, 2.05) is 91.0 Å². The van der Waals surface area contributed by atoms with Crippen molar-refractivity contribution in [2.45, 2.75) is 32.3 Å². The van der Waals surface area contributed by atoms with E-state index in [0.29, 0.717) is 31.3 Å². The SMILES string of the molecule is O[C@@H](CN(CCc1ccccc1)Cc1ccccc1)c1cc(OCc2ccccc2)cc(OCc2ccccc2)c1. The quantitative estimate of drug-likeness (QED) is 0.156. The number of nitrogens with zero attached hydrogens (tertiary/aromatic N) is 1. The molecule has 5 rings (SSSR count). The lowest BCUT2D eigenvalue weighted by molar-refractivity contribution is 0.109. The number of benzene rings is 5. The lowest BCUT2D eigenvalue weighted by Gasteiger charge is -2.26. The van der Waals surface area contributed by atoms with Crippen molar-refractivity contribution in [1.29, 1.82) is 0 Å². The molecular weight excluding hydrogens is 506 g/mol. The molecule has 4 heteroatoms. The smallest absolute Gasteiger partial charge is 0.123 e. The Balaban J connectivity index is 1.34. The Morgan fingerprint density at radius 2 is 0.976 bits per heavy atom. The van der Waals surface area contributed by atoms with Gasteiger partial charge in [0.15, 0.2) is 0 Å². The van der Waals surface area contributed by atoms with Gasteiger partial charge in [0.05, 0.1) is 6.10 Å². The van der Waals surface area contributed by atoms with E-state index in [9.17, 15) is 5.11 Å². The van der Waals surface area contributed by atoms with E-state index in [0.717, 1.165) is 36.2 Å². The van der Waals surface area contributed by atoms with Crippen molar-refractivity contribution in [2.24, 2.45) is 0 Å². The zero-order valence-electron chi connectivity index (χ0n) is 23.3. The molecule has 208 valence electrons. The van der Waals surface area contributed by atoms with Crippen LogP contribution in [0.15, 0.2) is 140 Å². The van der Waals surface area contributed by atoms with Crippen LogP contribution in [0.25, 0.3) is 0 Å². The maximum Gasteiger partial charge on any atom is 0.123 e. The first-order chi connectivity index (χ1) is 20.2. The summed E-state index contributed by atoms with van der Waals surface area (Å²) >= 11 is 0. The summed E-state index contributed by atoms with van der Waals surface area (Å²) in [4.78, 5) is 2.31. The van der Waals surface area contributed by atoms with Crippen molar-refractivity contribution in [3.8, 4) is 11.5 Å². The summed E-state index contributed by atoms with van der Waals surface area (Å²) in [6.07, 6.45) is 0.195. The molecule has 0 radical (unpaired) electrons. The molecule has 5 aromatic carbocycles. The number of aliphatic hydroxyl groups is 1. The lowest BCUT2D eigenvalue weighted by Crippen LogP contribution is -2.30. The van der Waals surface area contributed by atoms with Crippen LogP contribution in [0.4, 0.5) is 0 Å². The molecule has 0 aromatic heterocycles. The Labute approximate surface area is 243 Å². The molecule has 0 unspecified atom stereocenters. The zero-order valence-corrected chi connectivity index (χ0v) is 23.3. The molecule has 41 heavy (non-hydrogen) atoms. The molecule has 4 nitrogen and oxygen atoms in total. The summed E-state index contributed by atoms with van der Waals surface area (Å²) in [6.45, 7) is 2.96. The molecule has 0 spiro atoms. The van der Waals surface area contributed by atoms with Gasteiger partial charge in [0, 0.05) is 25.7 Å². The van der Waals surface area contributed by atoms with Crippen molar-refractivity contribution in [3.63, 3.8) is 0 Å². The first-order valence-corrected chi connectivity index (χ1v) is 14.2. The van der Waals surface area contributed by atoms with Gasteiger partial charge in [-0.25, -0.2) is 0 Å². The molecule has 0 saturated carbocycles. The highest BCUT2D eigenvalue weighted by molar-refractivity contribution is 5.40. The number of ether oxygens (including phenoxy) is 2. The third-order valence-corrected chi connectivity index (χ3v) is 7.02. The fraction of sp³-hybridized carbons (Fsp3) is 0.189. The minimum Gasteiger partial charge on any atom is -0.489 e. The molecule has 1 N–H and O–H groups in total. The lowest BCUT2D eigenvalue weighted by atomic mass is 10.1. The average molecular weight is 544 g/mol. The van der Waals surface area contributed by atoms with Crippen LogP contribution < -0.4 is 9.47 Å². The van der Waals surface area contributed by atoms with Gasteiger partial charge in [-0.3, -0.25) is 4.90 Å². The standard InChI is InChI=1S/C37H37NO3/c39-37(27-38(26-31-15-7-2-8-16-31)22-21-30-13-5-1-6-14-30)34-23-35(40-28-32-17-9-3-10-18-32)25-36(24-34)41-29-33-19-11-4-12-20-33/h1-20,23-25,37,39H,21-22,26-29H2/t37-/m0/s1. The van der Waals surface area contributed by atoms with E-state index in [1.165, 1.54) is 11.1 Å². The van der Waals surface area contributed by atoms with E-state index in [-0.39, 0.29) is 0 Å². The van der Waals surface area contributed by atoms with Crippen LogP contribution in [0.2, 0.25) is 0 Å². The summed E-state index contributed by atoms with van der Waals surface area (Å²) in [5.41, 5.74) is 5.45. The van der Waals surface area contributed by atoms with E-state index in [4.69, 9.17) is 9.47 Å². The summed E-state index contributed by atoms with van der Waals surface area (Å²) in [5, 5.41) is 11.5. The van der Waals surface area contributed by atoms with Crippen molar-refractivity contribution in [3.05, 3.63) is 167 Å². The third-order valence-electron chi connectivity index (χ3n) is 7.02. The van der Waals surface area contributed by atoms with Crippen LogP contribution in [-0.4, -0.2) is 23.1 Å². The molecule has 0 bridgehead atoms. The predicted molar refractivity (Wildman–Crippen MR) is 165 cm³/mol. The van der Waals surface area contributed by atoms with E-state index in [1.54, 1.807) is 0 Å². The van der Waals surface area contributed by atoms with Gasteiger partial charge in [-0.05, 0) is 46.4 Å². The van der Waals surface area contributed by atoms with Crippen LogP contribution in [-0.2, 0) is 26.2 Å². The second kappa shape index (κ2) is 14.8. The predicted octanol–water partition coefficient (Wildman–Crippen LogP) is 7.62. The van der Waals surface area contributed by atoms with Gasteiger partial charge < -0.3 is 14.6 Å². The first-order valence-electron chi connectivity index (χ1n) is 14.2. The van der Waals surface area contributed by atoms with Crippen LogP contribution in [0.5, 0.6) is 11.5 Å². The Morgan fingerprint density at radius 3 is 1.46 bits per heavy atom. The normalized spacial score (nSPS) is 11.8. The minimum atomic E-state index is -0.714. The Hall–Kier alpha value is -4.38. The van der Waals surface area contributed by atoms with Crippen LogP contribution in [0.1, 0.15) is 33.9 Å². The molecule has 0 heterocycles. The molecule has 1 atom stereocenters. The highest BCUT2D eigenvalue weighted by Crippen LogP contribution is 2.29. The van der Waals surface area contributed by atoms with Gasteiger partial charge in [0.2, 0.25) is 0 Å². The third kappa shape index (κ3) is 9.07. The number of hydrogen-bond donors (Lipinski definition) is 1.